The van der Waals surface area contributed by atoms with Crippen molar-refractivity contribution < 1.29 is 11.0 Å². The van der Waals surface area contributed by atoms with E-state index in [-0.39, 0.29) is 13.6 Å². The lowest BCUT2D eigenvalue weighted by molar-refractivity contribution is 0.175. The molecule has 1 aromatic carbocycles. The van der Waals surface area contributed by atoms with Gasteiger partial charge in [0, 0.05) is 44.0 Å². The van der Waals surface area contributed by atoms with Crippen LogP contribution in [0.3, 0.4) is 0 Å². The zero-order chi connectivity index (χ0) is 23.9. The number of ether oxygens (including phenoxy) is 1. The minimum atomic E-state index is -0.285. The molecule has 1 aliphatic carbocycles. The lowest BCUT2D eigenvalue weighted by Gasteiger charge is -2.32. The predicted molar refractivity (Wildman–Crippen MR) is 141 cm³/mol. The van der Waals surface area contributed by atoms with E-state index in [1.54, 1.807) is 6.20 Å². The number of amides is 2. The summed E-state index contributed by atoms with van der Waals surface area (Å²) in [6.45, 7) is 6.66. The second-order valence-corrected chi connectivity index (χ2v) is 9.56. The van der Waals surface area contributed by atoms with Crippen molar-refractivity contribution in [1.82, 2.24) is 9.88 Å². The molecule has 7 nitrogen and oxygen atoms in total. The monoisotopic (exact) mass is 467 g/mol. The second kappa shape index (κ2) is 11.6. The van der Waals surface area contributed by atoms with Crippen LogP contribution in [0.4, 0.5) is 21.9 Å². The number of likely N-dealkylation sites (N-methyl/N-ethyl adjacent to an activating group) is 1. The van der Waals surface area contributed by atoms with Crippen molar-refractivity contribution in [2.24, 2.45) is 0 Å². The number of anilines is 3. The van der Waals surface area contributed by atoms with Gasteiger partial charge in [-0.25, -0.2) is 9.78 Å². The Morgan fingerprint density at radius 3 is 2.41 bits per heavy atom. The van der Waals surface area contributed by atoms with E-state index in [2.05, 4.69) is 58.4 Å². The fourth-order valence-electron chi connectivity index (χ4n) is 5.22. The summed E-state index contributed by atoms with van der Waals surface area (Å²) in [7, 11) is 2.27. The average Bonchev–Trinajstić information content (AvgIpc) is 3.54. The zero-order valence-electron chi connectivity index (χ0n) is 20.8. The smallest absolute Gasteiger partial charge is 0.323 e. The molecule has 2 aromatic rings. The van der Waals surface area contributed by atoms with Crippen LogP contribution in [0, 0.1) is 0 Å². The first-order valence-electron chi connectivity index (χ1n) is 12.8. The molecule has 1 unspecified atom stereocenters. The third kappa shape index (κ3) is 6.20. The van der Waals surface area contributed by atoms with Gasteiger partial charge >= 0.3 is 6.03 Å². The van der Waals surface area contributed by atoms with Gasteiger partial charge in [0.05, 0.1) is 11.9 Å². The molecular weight excluding hydrogens is 426 g/mol. The Bertz CT molecular complexity index is 914. The van der Waals surface area contributed by atoms with Crippen molar-refractivity contribution in [1.29, 1.82) is 0 Å². The number of nitrogens with zero attached hydrogens (tertiary/aromatic N) is 3. The molecule has 1 saturated carbocycles. The third-order valence-electron chi connectivity index (χ3n) is 7.33. The lowest BCUT2D eigenvalue weighted by Crippen LogP contribution is -2.41. The largest absolute Gasteiger partial charge is 0.474 e. The van der Waals surface area contributed by atoms with E-state index in [0.717, 1.165) is 31.6 Å². The molecule has 0 spiro atoms. The molecule has 2 amide bonds. The van der Waals surface area contributed by atoms with E-state index in [1.807, 2.05) is 24.3 Å². The number of pyridine rings is 1. The molecule has 1 atom stereocenters. The van der Waals surface area contributed by atoms with Crippen molar-refractivity contribution >= 4 is 23.1 Å². The molecule has 1 saturated heterocycles. The minimum Gasteiger partial charge on any atom is -0.474 e. The number of hydrogen-bond donors (Lipinski definition) is 2. The first-order chi connectivity index (χ1) is 16.6. The molecule has 7 heteroatoms. The highest BCUT2D eigenvalue weighted by Gasteiger charge is 2.28. The van der Waals surface area contributed by atoms with E-state index in [1.165, 1.54) is 37.8 Å². The van der Waals surface area contributed by atoms with Crippen LogP contribution in [0.2, 0.25) is 0 Å². The number of rotatable bonds is 9. The fraction of sp³-hybridized carbons (Fsp3) is 0.556. The van der Waals surface area contributed by atoms with Gasteiger partial charge in [0.25, 0.3) is 0 Å². The standard InChI is InChI=1S/C27H39N5O2.H2/c1-4-22(5-2)31(3)24-16-17-32(19-24)23-13-10-20(11-14-23)29-27(33)30-21-12-15-26(28-18-21)34-25-8-6-7-9-25;/h10-15,18,22,24-25H,4-9,16-17,19H2,1-3H3,(H2,29,30,33);1H. The maximum atomic E-state index is 12.4. The zero-order valence-corrected chi connectivity index (χ0v) is 20.8. The van der Waals surface area contributed by atoms with Crippen LogP contribution < -0.4 is 20.3 Å². The number of carbonyl (C=O) groups excluding carboxylic acids is 1. The number of aromatic nitrogens is 1. The molecule has 0 radical (unpaired) electrons. The van der Waals surface area contributed by atoms with Gasteiger partial charge in [-0.05, 0) is 82.3 Å². The quantitative estimate of drug-likeness (QED) is 0.474. The molecule has 2 aliphatic rings. The number of nitrogens with one attached hydrogen (secondary N) is 2. The first kappa shape index (κ1) is 24.3. The fourth-order valence-corrected chi connectivity index (χ4v) is 5.22. The Kier molecular flexibility index (Phi) is 8.27. The molecule has 1 aliphatic heterocycles. The number of hydrogen-bond acceptors (Lipinski definition) is 5. The van der Waals surface area contributed by atoms with Crippen LogP contribution >= 0.6 is 0 Å². The Labute approximate surface area is 205 Å². The Morgan fingerprint density at radius 2 is 1.76 bits per heavy atom. The molecule has 4 rings (SSSR count). The predicted octanol–water partition coefficient (Wildman–Crippen LogP) is 5.99. The van der Waals surface area contributed by atoms with Crippen LogP contribution in [-0.2, 0) is 0 Å². The number of benzene rings is 1. The van der Waals surface area contributed by atoms with E-state index in [0.29, 0.717) is 23.7 Å². The van der Waals surface area contributed by atoms with Crippen LogP contribution in [0.15, 0.2) is 42.6 Å². The summed E-state index contributed by atoms with van der Waals surface area (Å²) in [5.41, 5.74) is 2.60. The van der Waals surface area contributed by atoms with Crippen LogP contribution in [0.1, 0.15) is 60.2 Å². The summed E-state index contributed by atoms with van der Waals surface area (Å²) in [6, 6.07) is 12.7. The van der Waals surface area contributed by atoms with Crippen molar-refractivity contribution in [2.45, 2.75) is 77.0 Å². The summed E-state index contributed by atoms with van der Waals surface area (Å²) < 4.78 is 5.88. The van der Waals surface area contributed by atoms with Gasteiger partial charge in [-0.2, -0.15) is 0 Å². The van der Waals surface area contributed by atoms with Gasteiger partial charge < -0.3 is 20.3 Å². The Balaban J connectivity index is 0.00000342. The topological polar surface area (TPSA) is 69.7 Å². The number of urea groups is 1. The molecule has 0 bridgehead atoms. The molecule has 2 fully saturated rings. The van der Waals surface area contributed by atoms with Crippen molar-refractivity contribution in [2.75, 3.05) is 35.7 Å². The van der Waals surface area contributed by atoms with Crippen molar-refractivity contribution in [3.63, 3.8) is 0 Å². The average molecular weight is 468 g/mol. The SMILES string of the molecule is CCC(CC)N(C)C1CCN(c2ccc(NC(=O)Nc3ccc(OC4CCCC4)nc3)cc2)C1.[HH]. The van der Waals surface area contributed by atoms with Crippen LogP contribution in [0.5, 0.6) is 5.88 Å². The molecule has 2 heterocycles. The van der Waals surface area contributed by atoms with E-state index < -0.39 is 0 Å². The highest BCUT2D eigenvalue weighted by atomic mass is 16.5. The maximum Gasteiger partial charge on any atom is 0.323 e. The molecule has 186 valence electrons. The van der Waals surface area contributed by atoms with E-state index in [4.69, 9.17) is 4.74 Å². The highest BCUT2D eigenvalue weighted by molar-refractivity contribution is 5.99. The van der Waals surface area contributed by atoms with Gasteiger partial charge in [-0.3, -0.25) is 4.90 Å². The summed E-state index contributed by atoms with van der Waals surface area (Å²) in [4.78, 5) is 21.7. The van der Waals surface area contributed by atoms with E-state index in [9.17, 15) is 4.79 Å². The Hall–Kier alpha value is -2.80. The molecular formula is C27H41N5O2. The second-order valence-electron chi connectivity index (χ2n) is 9.56. The van der Waals surface area contributed by atoms with Crippen LogP contribution in [0.25, 0.3) is 0 Å². The third-order valence-corrected chi connectivity index (χ3v) is 7.33. The summed E-state index contributed by atoms with van der Waals surface area (Å²) >= 11 is 0. The van der Waals surface area contributed by atoms with E-state index >= 15 is 0 Å². The molecule has 2 N–H and O–H groups in total. The summed E-state index contributed by atoms with van der Waals surface area (Å²) in [5, 5.41) is 5.74. The van der Waals surface area contributed by atoms with Crippen LogP contribution in [-0.4, -0.2) is 54.2 Å². The van der Waals surface area contributed by atoms with Gasteiger partial charge in [0.2, 0.25) is 5.88 Å². The lowest BCUT2D eigenvalue weighted by atomic mass is 10.1. The van der Waals surface area contributed by atoms with Gasteiger partial charge in [0.1, 0.15) is 6.10 Å². The van der Waals surface area contributed by atoms with Gasteiger partial charge in [0.15, 0.2) is 0 Å². The summed E-state index contributed by atoms with van der Waals surface area (Å²) in [5.74, 6) is 0.615. The van der Waals surface area contributed by atoms with Gasteiger partial charge in [-0.1, -0.05) is 13.8 Å². The normalized spacial score (nSPS) is 18.6. The van der Waals surface area contributed by atoms with Gasteiger partial charge in [-0.15, -0.1) is 0 Å². The highest BCUT2D eigenvalue weighted by Crippen LogP contribution is 2.26. The number of carbonyl (C=O) groups is 1. The van der Waals surface area contributed by atoms with Crippen molar-refractivity contribution in [3.05, 3.63) is 42.6 Å². The summed E-state index contributed by atoms with van der Waals surface area (Å²) in [6.07, 6.45) is 10.1. The Morgan fingerprint density at radius 1 is 1.09 bits per heavy atom. The van der Waals surface area contributed by atoms with Crippen molar-refractivity contribution in [3.8, 4) is 5.88 Å². The molecule has 34 heavy (non-hydrogen) atoms. The minimum absolute atomic E-state index is 0. The first-order valence-corrected chi connectivity index (χ1v) is 12.8. The maximum absolute atomic E-state index is 12.4. The molecule has 1 aromatic heterocycles.